The standard InChI is InChI=1S/C15H9IN2O4/c16-9-2-1-3-10(6-9)17-15(19)13-8-22-14-5-4-11(18(20)21)7-12(13)14/h1-8H,(H,17,19). The first-order chi connectivity index (χ1) is 10.5. The SMILES string of the molecule is O=C(Nc1cccc(I)c1)c1coc2ccc([N+](=O)[O-])cc12. The van der Waals surface area contributed by atoms with Crippen LogP contribution in [0.3, 0.4) is 0 Å². The number of nitro groups is 1. The quantitative estimate of drug-likeness (QED) is 0.400. The Hall–Kier alpha value is -2.42. The number of carbonyl (C=O) groups excluding carboxylic acids is 1. The van der Waals surface area contributed by atoms with Crippen molar-refractivity contribution in [3.05, 3.63) is 68.0 Å². The summed E-state index contributed by atoms with van der Waals surface area (Å²) >= 11 is 2.15. The van der Waals surface area contributed by atoms with Gasteiger partial charge in [0.15, 0.2) is 0 Å². The van der Waals surface area contributed by atoms with E-state index < -0.39 is 4.92 Å². The fourth-order valence-electron chi connectivity index (χ4n) is 2.07. The maximum atomic E-state index is 12.3. The number of rotatable bonds is 3. The summed E-state index contributed by atoms with van der Waals surface area (Å²) in [4.78, 5) is 22.7. The van der Waals surface area contributed by atoms with E-state index in [1.54, 1.807) is 6.07 Å². The van der Waals surface area contributed by atoms with Gasteiger partial charge in [0.25, 0.3) is 11.6 Å². The number of halogens is 1. The number of carbonyl (C=O) groups is 1. The van der Waals surface area contributed by atoms with Gasteiger partial charge in [0.05, 0.1) is 10.5 Å². The van der Waals surface area contributed by atoms with E-state index in [1.165, 1.54) is 24.5 Å². The minimum atomic E-state index is -0.506. The van der Waals surface area contributed by atoms with E-state index in [0.717, 1.165) is 3.57 Å². The summed E-state index contributed by atoms with van der Waals surface area (Å²) in [5, 5.41) is 14.0. The van der Waals surface area contributed by atoms with E-state index in [2.05, 4.69) is 27.9 Å². The minimum absolute atomic E-state index is 0.0859. The van der Waals surface area contributed by atoms with Crippen LogP contribution in [-0.2, 0) is 0 Å². The topological polar surface area (TPSA) is 85.4 Å². The van der Waals surface area contributed by atoms with Crippen molar-refractivity contribution in [3.8, 4) is 0 Å². The lowest BCUT2D eigenvalue weighted by Gasteiger charge is -2.04. The number of furan rings is 1. The van der Waals surface area contributed by atoms with Crippen LogP contribution in [-0.4, -0.2) is 10.8 Å². The molecule has 1 heterocycles. The van der Waals surface area contributed by atoms with E-state index >= 15 is 0 Å². The monoisotopic (exact) mass is 408 g/mol. The lowest BCUT2D eigenvalue weighted by Crippen LogP contribution is -2.11. The molecular weight excluding hydrogens is 399 g/mol. The smallest absolute Gasteiger partial charge is 0.270 e. The molecule has 0 aliphatic carbocycles. The Morgan fingerprint density at radius 1 is 1.23 bits per heavy atom. The first-order valence-electron chi connectivity index (χ1n) is 6.27. The van der Waals surface area contributed by atoms with Crippen molar-refractivity contribution in [2.75, 3.05) is 5.32 Å². The maximum Gasteiger partial charge on any atom is 0.270 e. The van der Waals surface area contributed by atoms with E-state index in [4.69, 9.17) is 4.42 Å². The molecule has 1 aromatic heterocycles. The van der Waals surface area contributed by atoms with Gasteiger partial charge in [-0.25, -0.2) is 0 Å². The number of amides is 1. The molecule has 0 radical (unpaired) electrons. The Bertz CT molecular complexity index is 888. The molecule has 0 atom stereocenters. The van der Waals surface area contributed by atoms with Crippen molar-refractivity contribution in [2.45, 2.75) is 0 Å². The molecule has 3 rings (SSSR count). The molecule has 110 valence electrons. The molecule has 0 bridgehead atoms. The highest BCUT2D eigenvalue weighted by Gasteiger charge is 2.17. The summed E-state index contributed by atoms with van der Waals surface area (Å²) in [5.74, 6) is -0.374. The zero-order valence-corrected chi connectivity index (χ0v) is 13.2. The van der Waals surface area contributed by atoms with E-state index in [-0.39, 0.29) is 17.2 Å². The van der Waals surface area contributed by atoms with E-state index in [1.807, 2.05) is 18.2 Å². The van der Waals surface area contributed by atoms with Crippen LogP contribution in [0.1, 0.15) is 10.4 Å². The summed E-state index contributed by atoms with van der Waals surface area (Å²) < 4.78 is 6.27. The Kier molecular flexibility index (Phi) is 3.80. The van der Waals surface area contributed by atoms with Crippen LogP contribution in [0.15, 0.2) is 53.1 Å². The Labute approximate surface area is 138 Å². The third-order valence-electron chi connectivity index (χ3n) is 3.09. The van der Waals surface area contributed by atoms with Crippen molar-refractivity contribution in [1.29, 1.82) is 0 Å². The maximum absolute atomic E-state index is 12.3. The predicted molar refractivity (Wildman–Crippen MR) is 90.0 cm³/mol. The molecule has 0 fully saturated rings. The average Bonchev–Trinajstić information content (AvgIpc) is 2.90. The third kappa shape index (κ3) is 2.80. The normalized spacial score (nSPS) is 10.6. The molecule has 7 heteroatoms. The number of hydrogen-bond donors (Lipinski definition) is 1. The van der Waals surface area contributed by atoms with Gasteiger partial charge in [-0.05, 0) is 46.9 Å². The van der Waals surface area contributed by atoms with Crippen LogP contribution >= 0.6 is 22.6 Å². The zero-order valence-electron chi connectivity index (χ0n) is 11.1. The van der Waals surface area contributed by atoms with Crippen LogP contribution < -0.4 is 5.32 Å². The van der Waals surface area contributed by atoms with Gasteiger partial charge < -0.3 is 9.73 Å². The first kappa shape index (κ1) is 14.5. The van der Waals surface area contributed by atoms with Gasteiger partial charge in [-0.3, -0.25) is 14.9 Å². The molecule has 1 amide bonds. The molecule has 1 N–H and O–H groups in total. The van der Waals surface area contributed by atoms with Crippen LogP contribution in [0.25, 0.3) is 11.0 Å². The fraction of sp³-hybridized carbons (Fsp3) is 0. The van der Waals surface area contributed by atoms with Gasteiger partial charge >= 0.3 is 0 Å². The summed E-state index contributed by atoms with van der Waals surface area (Å²) in [5.41, 5.74) is 1.25. The molecular formula is C15H9IN2O4. The number of nitro benzene ring substituents is 1. The van der Waals surface area contributed by atoms with Gasteiger partial charge in [-0.1, -0.05) is 6.07 Å². The van der Waals surface area contributed by atoms with Crippen molar-refractivity contribution < 1.29 is 14.1 Å². The summed E-state index contributed by atoms with van der Waals surface area (Å²) in [6.07, 6.45) is 1.30. The van der Waals surface area contributed by atoms with Crippen LogP contribution in [0.2, 0.25) is 0 Å². The number of fused-ring (bicyclic) bond motifs is 1. The lowest BCUT2D eigenvalue weighted by molar-refractivity contribution is -0.384. The fourth-order valence-corrected chi connectivity index (χ4v) is 2.61. The van der Waals surface area contributed by atoms with Crippen molar-refractivity contribution in [3.63, 3.8) is 0 Å². The Morgan fingerprint density at radius 2 is 2.05 bits per heavy atom. The molecule has 0 spiro atoms. The lowest BCUT2D eigenvalue weighted by atomic mass is 10.1. The van der Waals surface area contributed by atoms with Crippen LogP contribution in [0.5, 0.6) is 0 Å². The minimum Gasteiger partial charge on any atom is -0.463 e. The molecule has 2 aromatic carbocycles. The highest BCUT2D eigenvalue weighted by atomic mass is 127. The van der Waals surface area contributed by atoms with Gasteiger partial charge in [-0.2, -0.15) is 0 Å². The summed E-state index contributed by atoms with van der Waals surface area (Å²) in [6, 6.07) is 11.5. The van der Waals surface area contributed by atoms with Gasteiger partial charge in [-0.15, -0.1) is 0 Å². The molecule has 0 saturated carbocycles. The Morgan fingerprint density at radius 3 is 2.77 bits per heavy atom. The second-order valence-electron chi connectivity index (χ2n) is 4.55. The zero-order chi connectivity index (χ0) is 15.7. The third-order valence-corrected chi connectivity index (χ3v) is 3.77. The van der Waals surface area contributed by atoms with Crippen LogP contribution in [0.4, 0.5) is 11.4 Å². The van der Waals surface area contributed by atoms with Gasteiger partial charge in [0.1, 0.15) is 11.8 Å². The first-order valence-corrected chi connectivity index (χ1v) is 7.35. The largest absolute Gasteiger partial charge is 0.463 e. The average molecular weight is 408 g/mol. The molecule has 0 unspecified atom stereocenters. The summed E-state index contributed by atoms with van der Waals surface area (Å²) in [7, 11) is 0. The second-order valence-corrected chi connectivity index (χ2v) is 5.80. The molecule has 22 heavy (non-hydrogen) atoms. The molecule has 0 aliphatic rings. The van der Waals surface area contributed by atoms with E-state index in [0.29, 0.717) is 16.7 Å². The molecule has 0 saturated heterocycles. The number of nitrogens with zero attached hydrogens (tertiary/aromatic N) is 1. The second kappa shape index (κ2) is 5.76. The van der Waals surface area contributed by atoms with Crippen LogP contribution in [0, 0.1) is 13.7 Å². The molecule has 6 nitrogen and oxygen atoms in total. The highest BCUT2D eigenvalue weighted by Crippen LogP contribution is 2.26. The van der Waals surface area contributed by atoms with Crippen molar-refractivity contribution in [2.24, 2.45) is 0 Å². The van der Waals surface area contributed by atoms with E-state index in [9.17, 15) is 14.9 Å². The highest BCUT2D eigenvalue weighted by molar-refractivity contribution is 14.1. The number of anilines is 1. The number of benzene rings is 2. The Balaban J connectivity index is 1.97. The van der Waals surface area contributed by atoms with Crippen molar-refractivity contribution in [1.82, 2.24) is 0 Å². The van der Waals surface area contributed by atoms with Gasteiger partial charge in [0.2, 0.25) is 0 Å². The van der Waals surface area contributed by atoms with Gasteiger partial charge in [0, 0.05) is 26.8 Å². The van der Waals surface area contributed by atoms with Crippen molar-refractivity contribution >= 4 is 50.8 Å². The predicted octanol–water partition coefficient (Wildman–Crippen LogP) is 4.20. The number of non-ortho nitro benzene ring substituents is 1. The summed E-state index contributed by atoms with van der Waals surface area (Å²) in [6.45, 7) is 0. The molecule has 0 aliphatic heterocycles. The number of nitrogens with one attached hydrogen (secondary N) is 1. The molecule has 3 aromatic rings. The number of hydrogen-bond acceptors (Lipinski definition) is 4.